The van der Waals surface area contributed by atoms with Gasteiger partial charge in [0.25, 0.3) is 11.8 Å². The number of aromatic nitrogens is 1. The fraction of sp³-hybridized carbons (Fsp3) is 0.429. The number of oxime groups is 1. The van der Waals surface area contributed by atoms with Crippen LogP contribution < -0.4 is 11.1 Å². The fourth-order valence-corrected chi connectivity index (χ4v) is 5.45. The summed E-state index contributed by atoms with van der Waals surface area (Å²) in [7, 11) is 0. The molecular weight excluding hydrogens is 498 g/mol. The fourth-order valence-electron chi connectivity index (χ4n) is 3.58. The summed E-state index contributed by atoms with van der Waals surface area (Å²) in [5, 5.41) is 15.9. The van der Waals surface area contributed by atoms with Gasteiger partial charge in [0.15, 0.2) is 10.8 Å². The van der Waals surface area contributed by atoms with Crippen molar-refractivity contribution in [3.8, 4) is 0 Å². The van der Waals surface area contributed by atoms with Gasteiger partial charge in [0.05, 0.1) is 0 Å². The number of ether oxygens (including phenoxy) is 2. The van der Waals surface area contributed by atoms with E-state index in [-0.39, 0.29) is 22.2 Å². The van der Waals surface area contributed by atoms with Crippen LogP contribution in [0, 0.1) is 5.92 Å². The minimum atomic E-state index is -1.14. The molecule has 1 aromatic rings. The third-order valence-electron chi connectivity index (χ3n) is 5.35. The Labute approximate surface area is 208 Å². The SMILES string of the molecule is CC(=O)OC(C)OC(=O)C1=C(/C=C\C2CC2)CS[C@@H]2[C@H](NC(=O)/C(=N/O)c3csc(N)n3)C(=O)N12. The van der Waals surface area contributed by atoms with Crippen molar-refractivity contribution in [3.63, 3.8) is 0 Å². The van der Waals surface area contributed by atoms with Crippen molar-refractivity contribution >= 4 is 57.7 Å². The molecule has 2 aliphatic heterocycles. The number of nitrogens with one attached hydrogen (secondary N) is 1. The number of allylic oxidation sites excluding steroid dienone is 2. The largest absolute Gasteiger partial charge is 0.426 e. The van der Waals surface area contributed by atoms with Crippen LogP contribution in [0.4, 0.5) is 5.13 Å². The summed E-state index contributed by atoms with van der Waals surface area (Å²) in [6.45, 7) is 2.59. The van der Waals surface area contributed by atoms with Crippen molar-refractivity contribution in [2.45, 2.75) is 44.4 Å². The molecule has 2 amide bonds. The topological polar surface area (TPSA) is 174 Å². The standard InChI is InChI=1S/C21H23N5O7S2/c1-9(27)32-10(2)33-20(30)16-12(6-5-11-3-4-11)7-34-19-15(18(29)26(16)19)24-17(28)14(25-31)13-8-35-21(22)23-13/h5-6,8,10-11,15,19,31H,3-4,7H2,1-2H3,(H2,22,23)(H,24,28)/b6-5-,25-14+/t10?,15-,19-/m1/s1. The molecule has 186 valence electrons. The zero-order valence-electron chi connectivity index (χ0n) is 18.8. The molecule has 3 heterocycles. The van der Waals surface area contributed by atoms with Crippen molar-refractivity contribution in [1.29, 1.82) is 0 Å². The molecule has 1 saturated carbocycles. The third-order valence-corrected chi connectivity index (χ3v) is 7.33. The number of thiazole rings is 1. The van der Waals surface area contributed by atoms with Crippen LogP contribution in [0.2, 0.25) is 0 Å². The van der Waals surface area contributed by atoms with Crippen molar-refractivity contribution in [1.82, 2.24) is 15.2 Å². The molecule has 14 heteroatoms. The van der Waals surface area contributed by atoms with Gasteiger partial charge in [-0.2, -0.15) is 0 Å². The van der Waals surface area contributed by atoms with Crippen LogP contribution in [0.3, 0.4) is 0 Å². The van der Waals surface area contributed by atoms with Gasteiger partial charge in [-0.05, 0) is 24.3 Å². The Hall–Kier alpha value is -3.39. The van der Waals surface area contributed by atoms with Crippen LogP contribution in [-0.2, 0) is 28.7 Å². The highest BCUT2D eigenvalue weighted by Crippen LogP contribution is 2.42. The molecule has 0 radical (unpaired) electrons. The van der Waals surface area contributed by atoms with Gasteiger partial charge in [-0.3, -0.25) is 19.3 Å². The zero-order valence-corrected chi connectivity index (χ0v) is 20.4. The maximum Gasteiger partial charge on any atom is 0.358 e. The van der Waals surface area contributed by atoms with Crippen molar-refractivity contribution in [3.05, 3.63) is 34.5 Å². The first-order chi connectivity index (χ1) is 16.7. The monoisotopic (exact) mass is 521 g/mol. The minimum absolute atomic E-state index is 0.0449. The molecule has 3 atom stereocenters. The molecule has 12 nitrogen and oxygen atoms in total. The zero-order chi connectivity index (χ0) is 25.3. The van der Waals surface area contributed by atoms with Crippen LogP contribution in [-0.4, -0.2) is 68.0 Å². The summed E-state index contributed by atoms with van der Waals surface area (Å²) in [5.74, 6) is -1.94. The molecule has 0 bridgehead atoms. The Morgan fingerprint density at radius 1 is 1.37 bits per heavy atom. The maximum absolute atomic E-state index is 13.1. The molecule has 1 unspecified atom stereocenters. The van der Waals surface area contributed by atoms with Crippen LogP contribution in [0.1, 0.15) is 32.4 Å². The van der Waals surface area contributed by atoms with E-state index < -0.39 is 41.5 Å². The summed E-state index contributed by atoms with van der Waals surface area (Å²) in [6.07, 6.45) is 4.80. The van der Waals surface area contributed by atoms with Crippen LogP contribution >= 0.6 is 23.1 Å². The van der Waals surface area contributed by atoms with Gasteiger partial charge in [0, 0.05) is 25.0 Å². The highest BCUT2D eigenvalue weighted by molar-refractivity contribution is 8.00. The second kappa shape index (κ2) is 10.1. The number of amides is 2. The first kappa shape index (κ1) is 24.7. The predicted molar refractivity (Wildman–Crippen MR) is 126 cm³/mol. The maximum atomic E-state index is 13.1. The van der Waals surface area contributed by atoms with Crippen LogP contribution in [0.5, 0.6) is 0 Å². The summed E-state index contributed by atoms with van der Waals surface area (Å²) in [5.41, 5.74) is 5.91. The van der Waals surface area contributed by atoms with Crippen LogP contribution in [0.25, 0.3) is 0 Å². The number of fused-ring (bicyclic) bond motifs is 1. The molecule has 1 saturated heterocycles. The number of thioether (sulfide) groups is 1. The number of nitrogen functional groups attached to an aromatic ring is 1. The number of esters is 2. The summed E-state index contributed by atoms with van der Waals surface area (Å²) >= 11 is 2.44. The molecule has 2 fully saturated rings. The lowest BCUT2D eigenvalue weighted by atomic mass is 10.0. The molecule has 0 spiro atoms. The predicted octanol–water partition coefficient (Wildman–Crippen LogP) is 0.976. The highest BCUT2D eigenvalue weighted by atomic mass is 32.2. The Morgan fingerprint density at radius 3 is 2.71 bits per heavy atom. The number of nitrogens with two attached hydrogens (primary N) is 1. The Bertz CT molecular complexity index is 1160. The van der Waals surface area contributed by atoms with E-state index in [1.54, 1.807) is 0 Å². The van der Waals surface area contributed by atoms with E-state index in [1.807, 2.05) is 12.2 Å². The summed E-state index contributed by atoms with van der Waals surface area (Å²) in [6, 6.07) is -0.970. The van der Waals surface area contributed by atoms with E-state index in [9.17, 15) is 24.4 Å². The van der Waals surface area contributed by atoms with Gasteiger partial charge in [0.2, 0.25) is 6.29 Å². The molecule has 4 rings (SSSR count). The normalized spacial score (nSPS) is 23.0. The Balaban J connectivity index is 1.52. The van der Waals surface area contributed by atoms with E-state index in [2.05, 4.69) is 15.5 Å². The number of anilines is 1. The van der Waals surface area contributed by atoms with Gasteiger partial charge >= 0.3 is 11.9 Å². The van der Waals surface area contributed by atoms with Crippen molar-refractivity contribution in [2.75, 3.05) is 11.5 Å². The highest BCUT2D eigenvalue weighted by Gasteiger charge is 2.54. The number of carbonyl (C=O) groups excluding carboxylic acids is 4. The average Bonchev–Trinajstić information content (AvgIpc) is 3.54. The lowest BCUT2D eigenvalue weighted by Crippen LogP contribution is -2.71. The smallest absolute Gasteiger partial charge is 0.358 e. The molecule has 3 aliphatic rings. The number of hydrogen-bond donors (Lipinski definition) is 3. The van der Waals surface area contributed by atoms with Gasteiger partial charge < -0.3 is 25.7 Å². The molecule has 35 heavy (non-hydrogen) atoms. The van der Waals surface area contributed by atoms with Gasteiger partial charge in [-0.25, -0.2) is 9.78 Å². The first-order valence-electron chi connectivity index (χ1n) is 10.7. The van der Waals surface area contributed by atoms with Gasteiger partial charge in [-0.1, -0.05) is 17.3 Å². The summed E-state index contributed by atoms with van der Waals surface area (Å²) < 4.78 is 10.1. The van der Waals surface area contributed by atoms with E-state index in [0.717, 1.165) is 24.2 Å². The van der Waals surface area contributed by atoms with Crippen LogP contribution in [0.15, 0.2) is 34.0 Å². The Kier molecular flexibility index (Phi) is 7.12. The van der Waals surface area contributed by atoms with Crippen molar-refractivity contribution in [2.24, 2.45) is 11.1 Å². The first-order valence-corrected chi connectivity index (χ1v) is 12.6. The quantitative estimate of drug-likeness (QED) is 0.112. The number of hydrogen-bond acceptors (Lipinski definition) is 12. The van der Waals surface area contributed by atoms with Crippen molar-refractivity contribution < 1.29 is 33.9 Å². The molecule has 0 aromatic carbocycles. The number of rotatable bonds is 8. The lowest BCUT2D eigenvalue weighted by molar-refractivity contribution is -0.182. The number of carbonyl (C=O) groups is 4. The van der Waals surface area contributed by atoms with E-state index in [1.165, 1.54) is 35.9 Å². The molecular formula is C21H23N5O7S2. The number of β-lactam (4-membered cyclic amide) rings is 1. The van der Waals surface area contributed by atoms with E-state index >= 15 is 0 Å². The van der Waals surface area contributed by atoms with Gasteiger partial charge in [0.1, 0.15) is 22.8 Å². The average molecular weight is 522 g/mol. The molecule has 4 N–H and O–H groups in total. The second-order valence-electron chi connectivity index (χ2n) is 8.03. The molecule has 1 aromatic heterocycles. The van der Waals surface area contributed by atoms with E-state index in [0.29, 0.717) is 17.2 Å². The molecule has 1 aliphatic carbocycles. The second-order valence-corrected chi connectivity index (χ2v) is 10.0. The van der Waals surface area contributed by atoms with Gasteiger partial charge in [-0.15, -0.1) is 23.1 Å². The third kappa shape index (κ3) is 5.32. The minimum Gasteiger partial charge on any atom is -0.426 e. The number of nitrogens with zero attached hydrogens (tertiary/aromatic N) is 3. The lowest BCUT2D eigenvalue weighted by Gasteiger charge is -2.49. The Morgan fingerprint density at radius 2 is 2.11 bits per heavy atom. The van der Waals surface area contributed by atoms with E-state index in [4.69, 9.17) is 15.2 Å². The summed E-state index contributed by atoms with van der Waals surface area (Å²) in [4.78, 5) is 55.1.